The molecule has 0 unspecified atom stereocenters. The fourth-order valence-corrected chi connectivity index (χ4v) is 2.03. The van der Waals surface area contributed by atoms with Gasteiger partial charge in [-0.3, -0.25) is 0 Å². The van der Waals surface area contributed by atoms with Crippen LogP contribution in [0.15, 0.2) is 30.3 Å². The number of rotatable bonds is 3. The maximum absolute atomic E-state index is 10.4. The van der Waals surface area contributed by atoms with E-state index in [2.05, 4.69) is 17.3 Å². The Bertz CT molecular complexity index is 318. The highest BCUT2D eigenvalue weighted by atomic mass is 16.3. The minimum atomic E-state index is -0.539. The minimum absolute atomic E-state index is 0.539. The van der Waals surface area contributed by atoms with Gasteiger partial charge in [0.2, 0.25) is 0 Å². The normalized spacial score (nSPS) is 20.6. The number of nitrogens with zero attached hydrogens (tertiary/aromatic N) is 1. The average molecular weight is 220 g/mol. The van der Waals surface area contributed by atoms with Gasteiger partial charge in [-0.1, -0.05) is 18.2 Å². The summed E-state index contributed by atoms with van der Waals surface area (Å²) >= 11 is 0. The molecule has 1 saturated heterocycles. The molecule has 3 nitrogen and oxygen atoms in total. The topological polar surface area (TPSA) is 35.5 Å². The molecule has 3 heteroatoms. The van der Waals surface area contributed by atoms with Crippen LogP contribution in [-0.4, -0.2) is 42.3 Å². The Morgan fingerprint density at radius 3 is 2.50 bits per heavy atom. The van der Waals surface area contributed by atoms with Gasteiger partial charge in [0, 0.05) is 25.3 Å². The molecule has 0 bridgehead atoms. The van der Waals surface area contributed by atoms with Crippen molar-refractivity contribution in [2.75, 3.05) is 32.0 Å². The van der Waals surface area contributed by atoms with E-state index in [-0.39, 0.29) is 0 Å². The molecule has 0 radical (unpaired) electrons. The Balaban J connectivity index is 1.85. The Kier molecular flexibility index (Phi) is 3.46. The molecule has 0 amide bonds. The Labute approximate surface area is 97.1 Å². The van der Waals surface area contributed by atoms with Crippen molar-refractivity contribution in [1.29, 1.82) is 0 Å². The van der Waals surface area contributed by atoms with Crippen LogP contribution in [0.1, 0.15) is 12.8 Å². The molecule has 1 heterocycles. The lowest BCUT2D eigenvalue weighted by Gasteiger charge is -2.36. The number of benzene rings is 1. The van der Waals surface area contributed by atoms with Crippen LogP contribution >= 0.6 is 0 Å². The first-order valence-electron chi connectivity index (χ1n) is 5.88. The summed E-state index contributed by atoms with van der Waals surface area (Å²) < 4.78 is 0. The van der Waals surface area contributed by atoms with Crippen LogP contribution in [0.25, 0.3) is 0 Å². The molecular formula is C13H20N2O. The molecule has 88 valence electrons. The zero-order chi connectivity index (χ0) is 11.4. The lowest BCUT2D eigenvalue weighted by atomic mass is 9.91. The summed E-state index contributed by atoms with van der Waals surface area (Å²) in [5.74, 6) is 0. The van der Waals surface area contributed by atoms with Crippen LogP contribution in [0.2, 0.25) is 0 Å². The van der Waals surface area contributed by atoms with Crippen LogP contribution in [-0.2, 0) is 0 Å². The van der Waals surface area contributed by atoms with Crippen molar-refractivity contribution in [1.82, 2.24) is 4.90 Å². The van der Waals surface area contributed by atoms with E-state index >= 15 is 0 Å². The molecule has 0 saturated carbocycles. The number of likely N-dealkylation sites (tertiary alicyclic amines) is 1. The van der Waals surface area contributed by atoms with Gasteiger partial charge < -0.3 is 15.3 Å². The van der Waals surface area contributed by atoms with E-state index in [1.165, 1.54) is 0 Å². The summed E-state index contributed by atoms with van der Waals surface area (Å²) in [5, 5.41) is 13.7. The number of piperidine rings is 1. The van der Waals surface area contributed by atoms with Crippen molar-refractivity contribution >= 4 is 5.69 Å². The number of para-hydroxylation sites is 1. The van der Waals surface area contributed by atoms with Crippen molar-refractivity contribution in [3.8, 4) is 0 Å². The molecule has 1 fully saturated rings. The summed E-state index contributed by atoms with van der Waals surface area (Å²) in [5.41, 5.74) is 0.539. The smallest absolute Gasteiger partial charge is 0.0843 e. The molecular weight excluding hydrogens is 200 g/mol. The SMILES string of the molecule is CN1CCC(O)(CNc2ccccc2)CC1. The van der Waals surface area contributed by atoms with Crippen LogP contribution in [0.3, 0.4) is 0 Å². The van der Waals surface area contributed by atoms with E-state index in [4.69, 9.17) is 0 Å². The summed E-state index contributed by atoms with van der Waals surface area (Å²) in [6.07, 6.45) is 1.70. The predicted octanol–water partition coefficient (Wildman–Crippen LogP) is 1.56. The van der Waals surface area contributed by atoms with Crippen LogP contribution in [0, 0.1) is 0 Å². The van der Waals surface area contributed by atoms with Gasteiger partial charge in [-0.25, -0.2) is 0 Å². The van der Waals surface area contributed by atoms with Crippen molar-refractivity contribution < 1.29 is 5.11 Å². The van der Waals surface area contributed by atoms with Crippen molar-refractivity contribution in [2.45, 2.75) is 18.4 Å². The molecule has 1 aromatic carbocycles. The fraction of sp³-hybridized carbons (Fsp3) is 0.538. The molecule has 0 atom stereocenters. The van der Waals surface area contributed by atoms with E-state index in [1.54, 1.807) is 0 Å². The number of nitrogens with one attached hydrogen (secondary N) is 1. The standard InChI is InChI=1S/C13H20N2O/c1-15-9-7-13(16,8-10-15)11-14-12-5-3-2-4-6-12/h2-6,14,16H,7-11H2,1H3. The molecule has 1 aromatic rings. The number of anilines is 1. The highest BCUT2D eigenvalue weighted by Gasteiger charge is 2.30. The van der Waals surface area contributed by atoms with E-state index in [0.29, 0.717) is 6.54 Å². The number of hydrogen-bond acceptors (Lipinski definition) is 3. The zero-order valence-corrected chi connectivity index (χ0v) is 9.82. The van der Waals surface area contributed by atoms with Crippen molar-refractivity contribution in [3.05, 3.63) is 30.3 Å². The third-order valence-electron chi connectivity index (χ3n) is 3.31. The highest BCUT2D eigenvalue weighted by Crippen LogP contribution is 2.21. The molecule has 0 aliphatic carbocycles. The van der Waals surface area contributed by atoms with Gasteiger partial charge in [-0.05, 0) is 32.0 Å². The highest BCUT2D eigenvalue weighted by molar-refractivity contribution is 5.42. The zero-order valence-electron chi connectivity index (χ0n) is 9.82. The fourth-order valence-electron chi connectivity index (χ4n) is 2.03. The Morgan fingerprint density at radius 2 is 1.88 bits per heavy atom. The summed E-state index contributed by atoms with van der Waals surface area (Å²) in [6, 6.07) is 10.0. The second-order valence-electron chi connectivity index (χ2n) is 4.75. The molecule has 16 heavy (non-hydrogen) atoms. The monoisotopic (exact) mass is 220 g/mol. The maximum atomic E-state index is 10.4. The van der Waals surface area contributed by atoms with Gasteiger partial charge in [0.15, 0.2) is 0 Å². The van der Waals surface area contributed by atoms with Gasteiger partial charge in [0.05, 0.1) is 5.60 Å². The van der Waals surface area contributed by atoms with Gasteiger partial charge >= 0.3 is 0 Å². The van der Waals surface area contributed by atoms with E-state index in [9.17, 15) is 5.11 Å². The largest absolute Gasteiger partial charge is 0.388 e. The van der Waals surface area contributed by atoms with Gasteiger partial charge in [0.25, 0.3) is 0 Å². The maximum Gasteiger partial charge on any atom is 0.0843 e. The lowest BCUT2D eigenvalue weighted by molar-refractivity contribution is -0.00403. The first kappa shape index (κ1) is 11.4. The molecule has 1 aliphatic rings. The average Bonchev–Trinajstić information content (AvgIpc) is 2.33. The third kappa shape index (κ3) is 2.97. The van der Waals surface area contributed by atoms with E-state index < -0.39 is 5.60 Å². The van der Waals surface area contributed by atoms with E-state index in [0.717, 1.165) is 31.6 Å². The Hall–Kier alpha value is -1.06. The van der Waals surface area contributed by atoms with Crippen LogP contribution in [0.4, 0.5) is 5.69 Å². The first-order valence-corrected chi connectivity index (χ1v) is 5.88. The first-order chi connectivity index (χ1) is 7.68. The molecule has 2 rings (SSSR count). The van der Waals surface area contributed by atoms with Crippen molar-refractivity contribution in [2.24, 2.45) is 0 Å². The third-order valence-corrected chi connectivity index (χ3v) is 3.31. The van der Waals surface area contributed by atoms with Gasteiger partial charge in [-0.2, -0.15) is 0 Å². The predicted molar refractivity (Wildman–Crippen MR) is 66.6 cm³/mol. The lowest BCUT2D eigenvalue weighted by Crippen LogP contribution is -2.47. The number of hydrogen-bond donors (Lipinski definition) is 2. The van der Waals surface area contributed by atoms with Crippen molar-refractivity contribution in [3.63, 3.8) is 0 Å². The molecule has 0 aromatic heterocycles. The number of aliphatic hydroxyl groups is 1. The molecule has 0 spiro atoms. The van der Waals surface area contributed by atoms with Gasteiger partial charge in [-0.15, -0.1) is 0 Å². The van der Waals surface area contributed by atoms with Crippen LogP contribution in [0.5, 0.6) is 0 Å². The Morgan fingerprint density at radius 1 is 1.25 bits per heavy atom. The summed E-state index contributed by atoms with van der Waals surface area (Å²) in [4.78, 5) is 2.26. The van der Waals surface area contributed by atoms with E-state index in [1.807, 2.05) is 30.3 Å². The molecule has 2 N–H and O–H groups in total. The molecule has 1 aliphatic heterocycles. The summed E-state index contributed by atoms with van der Waals surface area (Å²) in [7, 11) is 2.10. The van der Waals surface area contributed by atoms with Crippen LogP contribution < -0.4 is 5.32 Å². The summed E-state index contributed by atoms with van der Waals surface area (Å²) in [6.45, 7) is 2.60. The second kappa shape index (κ2) is 4.85. The van der Waals surface area contributed by atoms with Gasteiger partial charge in [0.1, 0.15) is 0 Å². The second-order valence-corrected chi connectivity index (χ2v) is 4.75. The quantitative estimate of drug-likeness (QED) is 0.811. The minimum Gasteiger partial charge on any atom is -0.388 e.